The molecule has 3 rings (SSSR count). The third kappa shape index (κ3) is 5.96. The summed E-state index contributed by atoms with van der Waals surface area (Å²) in [5, 5.41) is 8.64. The fourth-order valence-corrected chi connectivity index (χ4v) is 3.16. The normalized spacial score (nSPS) is 13.1. The van der Waals surface area contributed by atoms with E-state index in [4.69, 9.17) is 5.11 Å². The molecular weight excluding hydrogens is 374 g/mol. The number of nitrogens with zero attached hydrogens (tertiary/aromatic N) is 1. The number of rotatable bonds is 3. The Bertz CT molecular complexity index is 921. The molecule has 0 bridgehead atoms. The Balaban J connectivity index is 0.000000223. The molecule has 0 unspecified atom stereocenters. The van der Waals surface area contributed by atoms with Gasteiger partial charge in [0.25, 0.3) is 5.91 Å². The smallest absolute Gasteiger partial charge is 0.337 e. The number of carboxylic acid groups (broad SMARTS) is 1. The topological polar surface area (TPSA) is 140 Å². The van der Waals surface area contributed by atoms with Crippen LogP contribution in [0.3, 0.4) is 0 Å². The van der Waals surface area contributed by atoms with Crippen LogP contribution in [-0.2, 0) is 4.79 Å². The molecule has 3 heterocycles. The van der Waals surface area contributed by atoms with E-state index in [1.165, 1.54) is 49.1 Å². The minimum Gasteiger partial charge on any atom is -0.478 e. The van der Waals surface area contributed by atoms with Crippen molar-refractivity contribution < 1.29 is 19.5 Å². The van der Waals surface area contributed by atoms with Crippen molar-refractivity contribution in [3.63, 3.8) is 0 Å². The van der Waals surface area contributed by atoms with E-state index in [0.717, 1.165) is 6.20 Å². The quantitative estimate of drug-likeness (QED) is 0.694. The first-order valence-electron chi connectivity index (χ1n) is 7.83. The molecule has 1 aliphatic rings. The summed E-state index contributed by atoms with van der Waals surface area (Å²) in [5.74, 6) is -1.15. The standard InChI is InChI=1S/C11H12N2O3S.C6H5NO3/c1-7(14)17-9-5-13(6-9)11(16)8-2-3-10(15)12-4-8;8-5-2-1-4(3-7-5)6(9)10/h2-4,9H,5-6H2,1H3,(H,12,15);1-3H,(H,7,8)(H,9,10). The van der Waals surface area contributed by atoms with Gasteiger partial charge in [0.05, 0.1) is 11.1 Å². The van der Waals surface area contributed by atoms with Gasteiger partial charge in [-0.3, -0.25) is 19.2 Å². The maximum Gasteiger partial charge on any atom is 0.337 e. The Morgan fingerprint density at radius 3 is 1.93 bits per heavy atom. The van der Waals surface area contributed by atoms with Crippen molar-refractivity contribution in [3.8, 4) is 0 Å². The maximum atomic E-state index is 11.9. The summed E-state index contributed by atoms with van der Waals surface area (Å²) in [6.45, 7) is 2.70. The zero-order chi connectivity index (χ0) is 20.0. The second kappa shape index (κ2) is 8.99. The van der Waals surface area contributed by atoms with Gasteiger partial charge in [0.15, 0.2) is 5.12 Å². The molecule has 1 aliphatic heterocycles. The number of pyridine rings is 2. The van der Waals surface area contributed by atoms with Gasteiger partial charge >= 0.3 is 5.97 Å². The number of carbonyl (C=O) groups is 3. The van der Waals surface area contributed by atoms with Gasteiger partial charge in [0.1, 0.15) is 0 Å². The van der Waals surface area contributed by atoms with E-state index >= 15 is 0 Å². The summed E-state index contributed by atoms with van der Waals surface area (Å²) in [6.07, 6.45) is 2.57. The van der Waals surface area contributed by atoms with Gasteiger partial charge in [-0.2, -0.15) is 0 Å². The number of H-pyrrole nitrogens is 2. The molecule has 1 saturated heterocycles. The fraction of sp³-hybridized carbons (Fsp3) is 0.235. The number of carboxylic acids is 1. The van der Waals surface area contributed by atoms with Gasteiger partial charge in [0.2, 0.25) is 11.1 Å². The van der Waals surface area contributed by atoms with Crippen molar-refractivity contribution in [1.82, 2.24) is 14.9 Å². The maximum absolute atomic E-state index is 11.9. The predicted molar refractivity (Wildman–Crippen MR) is 99.0 cm³/mol. The molecule has 0 aliphatic carbocycles. The molecule has 142 valence electrons. The van der Waals surface area contributed by atoms with Gasteiger partial charge in [-0.15, -0.1) is 0 Å². The first kappa shape index (κ1) is 20.2. The molecule has 0 radical (unpaired) electrons. The lowest BCUT2D eigenvalue weighted by atomic mass is 10.1. The van der Waals surface area contributed by atoms with Crippen LogP contribution in [0.2, 0.25) is 0 Å². The first-order chi connectivity index (χ1) is 12.8. The molecule has 9 nitrogen and oxygen atoms in total. The van der Waals surface area contributed by atoms with Gasteiger partial charge in [0, 0.05) is 49.8 Å². The lowest BCUT2D eigenvalue weighted by molar-refractivity contribution is -0.109. The molecule has 0 spiro atoms. The second-order valence-electron chi connectivity index (χ2n) is 5.63. The van der Waals surface area contributed by atoms with Crippen LogP contribution in [0.1, 0.15) is 27.6 Å². The number of carbonyl (C=O) groups excluding carboxylic acids is 2. The van der Waals surface area contributed by atoms with Crippen molar-refractivity contribution in [2.24, 2.45) is 0 Å². The van der Waals surface area contributed by atoms with Gasteiger partial charge in [-0.1, -0.05) is 11.8 Å². The van der Waals surface area contributed by atoms with Gasteiger partial charge in [-0.05, 0) is 12.1 Å². The molecule has 2 aromatic rings. The summed E-state index contributed by atoms with van der Waals surface area (Å²) in [7, 11) is 0. The molecule has 3 N–H and O–H groups in total. The summed E-state index contributed by atoms with van der Waals surface area (Å²) < 4.78 is 0. The van der Waals surface area contributed by atoms with Crippen LogP contribution in [0.5, 0.6) is 0 Å². The van der Waals surface area contributed by atoms with Crippen LogP contribution in [-0.4, -0.2) is 55.3 Å². The first-order valence-corrected chi connectivity index (χ1v) is 8.71. The van der Waals surface area contributed by atoms with E-state index in [1.807, 2.05) is 0 Å². The monoisotopic (exact) mass is 391 g/mol. The second-order valence-corrected chi connectivity index (χ2v) is 7.11. The Kier molecular flexibility index (Phi) is 6.72. The third-order valence-electron chi connectivity index (χ3n) is 3.53. The molecule has 1 amide bonds. The minimum absolute atomic E-state index is 0.0751. The Hall–Kier alpha value is -3.14. The molecular formula is C17H17N3O6S. The van der Waals surface area contributed by atoms with Crippen LogP contribution < -0.4 is 11.1 Å². The lowest BCUT2D eigenvalue weighted by Gasteiger charge is -2.38. The van der Waals surface area contributed by atoms with E-state index in [-0.39, 0.29) is 33.0 Å². The fourth-order valence-electron chi connectivity index (χ4n) is 2.18. The predicted octanol–water partition coefficient (Wildman–Crippen LogP) is 0.552. The number of likely N-dealkylation sites (tertiary alicyclic amines) is 1. The van der Waals surface area contributed by atoms with E-state index in [9.17, 15) is 24.0 Å². The number of aromatic carboxylic acids is 1. The van der Waals surface area contributed by atoms with Crippen LogP contribution in [0.25, 0.3) is 0 Å². The van der Waals surface area contributed by atoms with E-state index in [2.05, 4.69) is 9.97 Å². The van der Waals surface area contributed by atoms with Crippen molar-refractivity contribution in [1.29, 1.82) is 0 Å². The van der Waals surface area contributed by atoms with Crippen LogP contribution in [0, 0.1) is 0 Å². The lowest BCUT2D eigenvalue weighted by Crippen LogP contribution is -2.52. The molecule has 10 heteroatoms. The summed E-state index contributed by atoms with van der Waals surface area (Å²) in [4.78, 5) is 60.5. The van der Waals surface area contributed by atoms with E-state index in [0.29, 0.717) is 18.7 Å². The van der Waals surface area contributed by atoms with Crippen molar-refractivity contribution in [2.45, 2.75) is 12.2 Å². The Morgan fingerprint density at radius 1 is 1.00 bits per heavy atom. The van der Waals surface area contributed by atoms with Gasteiger partial charge in [-0.25, -0.2) is 4.79 Å². The Morgan fingerprint density at radius 2 is 1.52 bits per heavy atom. The van der Waals surface area contributed by atoms with Crippen LogP contribution in [0.15, 0.2) is 46.2 Å². The zero-order valence-electron chi connectivity index (χ0n) is 14.3. The van der Waals surface area contributed by atoms with Gasteiger partial charge < -0.3 is 20.0 Å². The molecule has 0 aromatic carbocycles. The largest absolute Gasteiger partial charge is 0.478 e. The summed E-state index contributed by atoms with van der Waals surface area (Å²) in [5.41, 5.74) is 0.0237. The Labute approximate surface area is 157 Å². The van der Waals surface area contributed by atoms with Crippen LogP contribution >= 0.6 is 11.8 Å². The number of thioether (sulfide) groups is 1. The van der Waals surface area contributed by atoms with Crippen molar-refractivity contribution in [3.05, 3.63) is 68.5 Å². The number of amides is 1. The highest BCUT2D eigenvalue weighted by molar-refractivity contribution is 8.14. The van der Waals surface area contributed by atoms with Crippen LogP contribution in [0.4, 0.5) is 0 Å². The number of nitrogens with one attached hydrogen (secondary N) is 2. The molecule has 0 saturated carbocycles. The molecule has 1 fully saturated rings. The highest BCUT2D eigenvalue weighted by atomic mass is 32.2. The van der Waals surface area contributed by atoms with Crippen molar-refractivity contribution >= 4 is 28.8 Å². The summed E-state index contributed by atoms with van der Waals surface area (Å²) in [6, 6.07) is 5.26. The highest BCUT2D eigenvalue weighted by Crippen LogP contribution is 2.24. The number of hydrogen-bond donors (Lipinski definition) is 3. The number of hydrogen-bond acceptors (Lipinski definition) is 6. The highest BCUT2D eigenvalue weighted by Gasteiger charge is 2.32. The molecule has 2 aromatic heterocycles. The zero-order valence-corrected chi connectivity index (χ0v) is 15.1. The SMILES string of the molecule is CC(=O)SC1CN(C(=O)c2ccc(=O)[nH]c2)C1.O=C(O)c1ccc(=O)[nH]c1. The average Bonchev–Trinajstić information content (AvgIpc) is 2.58. The van der Waals surface area contributed by atoms with Crippen molar-refractivity contribution in [2.75, 3.05) is 13.1 Å². The summed E-state index contributed by atoms with van der Waals surface area (Å²) >= 11 is 1.27. The number of aromatic amines is 2. The van der Waals surface area contributed by atoms with E-state index < -0.39 is 5.97 Å². The average molecular weight is 391 g/mol. The molecule has 27 heavy (non-hydrogen) atoms. The minimum atomic E-state index is -1.05. The van der Waals surface area contributed by atoms with E-state index in [1.54, 1.807) is 4.90 Å². The third-order valence-corrected chi connectivity index (χ3v) is 4.49. The number of aromatic nitrogens is 2. The molecule has 0 atom stereocenters.